The van der Waals surface area contributed by atoms with Crippen molar-refractivity contribution in [3.8, 4) is 0 Å². The fraction of sp³-hybridized carbons (Fsp3) is 0.886. The van der Waals surface area contributed by atoms with E-state index in [0.717, 1.165) is 57.8 Å². The predicted molar refractivity (Wildman–Crippen MR) is 182 cm³/mol. The SMILES string of the molecule is CCCCCC/C=C/CCCCCCCC(=O)OC[C@H](COP(=O)(O)OC[C@@H](O)CO)OC(=O)CCCCCCCCCCCC. The molecule has 3 atom stereocenters. The third-order valence-electron chi connectivity index (χ3n) is 7.67. The molecule has 0 fully saturated rings. The molecule has 10 nitrogen and oxygen atoms in total. The maximum Gasteiger partial charge on any atom is 0.472 e. The number of esters is 2. The Hall–Kier alpha value is -1.29. The summed E-state index contributed by atoms with van der Waals surface area (Å²) < 4.78 is 32.5. The van der Waals surface area contributed by atoms with Gasteiger partial charge in [-0.25, -0.2) is 4.57 Å². The van der Waals surface area contributed by atoms with Gasteiger partial charge in [0.25, 0.3) is 0 Å². The number of phosphoric acid groups is 1. The molecule has 0 heterocycles. The lowest BCUT2D eigenvalue weighted by molar-refractivity contribution is -0.161. The Morgan fingerprint density at radius 3 is 1.59 bits per heavy atom. The van der Waals surface area contributed by atoms with Gasteiger partial charge in [-0.05, 0) is 38.5 Å². The molecule has 0 aliphatic rings. The van der Waals surface area contributed by atoms with Gasteiger partial charge in [-0.15, -0.1) is 0 Å². The average molecular weight is 679 g/mol. The molecule has 0 amide bonds. The van der Waals surface area contributed by atoms with E-state index in [2.05, 4.69) is 30.5 Å². The van der Waals surface area contributed by atoms with E-state index in [1.54, 1.807) is 0 Å². The highest BCUT2D eigenvalue weighted by atomic mass is 31.2. The quantitative estimate of drug-likeness (QED) is 0.0262. The number of hydrogen-bond donors (Lipinski definition) is 3. The van der Waals surface area contributed by atoms with Crippen LogP contribution in [0.25, 0.3) is 0 Å². The number of carbonyl (C=O) groups excluding carboxylic acids is 2. The molecule has 0 rings (SSSR count). The molecular weight excluding hydrogens is 611 g/mol. The highest BCUT2D eigenvalue weighted by molar-refractivity contribution is 7.47. The van der Waals surface area contributed by atoms with E-state index < -0.39 is 51.8 Å². The molecule has 0 spiro atoms. The Kier molecular flexibility index (Phi) is 31.4. The molecule has 46 heavy (non-hydrogen) atoms. The van der Waals surface area contributed by atoms with Crippen LogP contribution in [0.2, 0.25) is 0 Å². The standard InChI is InChI=1S/C35H67O10P/c1-3-5-7-9-11-13-15-16-17-19-20-22-24-26-34(38)42-30-33(31-44-46(40,41)43-29-32(37)28-36)45-35(39)27-25-23-21-18-14-12-10-8-6-4-2/h13,15,32-33,36-37H,3-12,14,16-31H2,1-2H3,(H,40,41)/b15-13+/t32-,33+/m0/s1. The van der Waals surface area contributed by atoms with Crippen molar-refractivity contribution in [2.45, 2.75) is 174 Å². The lowest BCUT2D eigenvalue weighted by Gasteiger charge is -2.20. The average Bonchev–Trinajstić information content (AvgIpc) is 3.04. The second-order valence-corrected chi connectivity index (χ2v) is 13.7. The van der Waals surface area contributed by atoms with Crippen LogP contribution in [-0.2, 0) is 32.7 Å². The van der Waals surface area contributed by atoms with Crippen LogP contribution in [-0.4, -0.2) is 65.7 Å². The van der Waals surface area contributed by atoms with Crippen molar-refractivity contribution in [3.05, 3.63) is 12.2 Å². The van der Waals surface area contributed by atoms with E-state index in [1.165, 1.54) is 64.2 Å². The molecule has 0 saturated carbocycles. The fourth-order valence-corrected chi connectivity index (χ4v) is 5.60. The van der Waals surface area contributed by atoms with Crippen LogP contribution in [0.4, 0.5) is 0 Å². The lowest BCUT2D eigenvalue weighted by atomic mass is 10.1. The van der Waals surface area contributed by atoms with Gasteiger partial charge in [-0.3, -0.25) is 18.6 Å². The first kappa shape index (κ1) is 44.7. The Morgan fingerprint density at radius 1 is 0.630 bits per heavy atom. The number of hydrogen-bond acceptors (Lipinski definition) is 9. The van der Waals surface area contributed by atoms with E-state index in [9.17, 15) is 24.2 Å². The largest absolute Gasteiger partial charge is 0.472 e. The number of carbonyl (C=O) groups is 2. The van der Waals surface area contributed by atoms with E-state index in [1.807, 2.05) is 0 Å². The normalized spacial score (nSPS) is 14.3. The molecule has 0 radical (unpaired) electrons. The highest BCUT2D eigenvalue weighted by Gasteiger charge is 2.27. The Labute approximate surface area is 279 Å². The van der Waals surface area contributed by atoms with Gasteiger partial charge < -0.3 is 24.6 Å². The van der Waals surface area contributed by atoms with E-state index in [0.29, 0.717) is 12.8 Å². The Bertz CT molecular complexity index is 791. The van der Waals surface area contributed by atoms with Crippen molar-refractivity contribution < 1.29 is 47.8 Å². The zero-order chi connectivity index (χ0) is 34.1. The van der Waals surface area contributed by atoms with Crippen LogP contribution in [0, 0.1) is 0 Å². The van der Waals surface area contributed by atoms with Gasteiger partial charge in [0.05, 0.1) is 19.8 Å². The minimum atomic E-state index is -4.60. The number of rotatable bonds is 34. The minimum Gasteiger partial charge on any atom is -0.462 e. The number of aliphatic hydroxyl groups excluding tert-OH is 2. The van der Waals surface area contributed by atoms with Crippen LogP contribution in [0.1, 0.15) is 162 Å². The molecular formula is C35H67O10P. The van der Waals surface area contributed by atoms with Gasteiger partial charge in [0.1, 0.15) is 12.7 Å². The number of allylic oxidation sites excluding steroid dienone is 2. The van der Waals surface area contributed by atoms with Gasteiger partial charge in [0.2, 0.25) is 0 Å². The van der Waals surface area contributed by atoms with Gasteiger partial charge in [0, 0.05) is 12.8 Å². The van der Waals surface area contributed by atoms with Crippen LogP contribution in [0.15, 0.2) is 12.2 Å². The molecule has 11 heteroatoms. The molecule has 0 saturated heterocycles. The smallest absolute Gasteiger partial charge is 0.462 e. The second-order valence-electron chi connectivity index (χ2n) is 12.3. The van der Waals surface area contributed by atoms with Crippen LogP contribution >= 0.6 is 7.82 Å². The zero-order valence-electron chi connectivity index (χ0n) is 29.0. The summed E-state index contributed by atoms with van der Waals surface area (Å²) in [6, 6.07) is 0. The summed E-state index contributed by atoms with van der Waals surface area (Å²) in [6.07, 6.45) is 26.2. The molecule has 0 aromatic carbocycles. The molecule has 0 aromatic rings. The van der Waals surface area contributed by atoms with Gasteiger partial charge >= 0.3 is 19.8 Å². The molecule has 272 valence electrons. The van der Waals surface area contributed by atoms with E-state index in [-0.39, 0.29) is 19.4 Å². The summed E-state index contributed by atoms with van der Waals surface area (Å²) in [6.45, 7) is 2.32. The molecule has 0 aromatic heterocycles. The summed E-state index contributed by atoms with van der Waals surface area (Å²) in [5, 5.41) is 18.2. The topological polar surface area (TPSA) is 149 Å². The summed E-state index contributed by atoms with van der Waals surface area (Å²) >= 11 is 0. The van der Waals surface area contributed by atoms with Crippen LogP contribution < -0.4 is 0 Å². The van der Waals surface area contributed by atoms with Crippen molar-refractivity contribution in [2.24, 2.45) is 0 Å². The maximum absolute atomic E-state index is 12.5. The third-order valence-corrected chi connectivity index (χ3v) is 8.62. The summed E-state index contributed by atoms with van der Waals surface area (Å²) in [4.78, 5) is 34.7. The van der Waals surface area contributed by atoms with Gasteiger partial charge in [-0.2, -0.15) is 0 Å². The zero-order valence-corrected chi connectivity index (χ0v) is 29.9. The van der Waals surface area contributed by atoms with Crippen LogP contribution in [0.5, 0.6) is 0 Å². The van der Waals surface area contributed by atoms with Crippen molar-refractivity contribution in [1.82, 2.24) is 0 Å². The first-order chi connectivity index (χ1) is 22.2. The van der Waals surface area contributed by atoms with Crippen molar-refractivity contribution in [2.75, 3.05) is 26.4 Å². The Morgan fingerprint density at radius 2 is 1.07 bits per heavy atom. The minimum absolute atomic E-state index is 0.186. The summed E-state index contributed by atoms with van der Waals surface area (Å²) in [7, 11) is -4.60. The number of ether oxygens (including phenoxy) is 2. The van der Waals surface area contributed by atoms with Crippen LogP contribution in [0.3, 0.4) is 0 Å². The first-order valence-corrected chi connectivity index (χ1v) is 19.6. The molecule has 0 aliphatic carbocycles. The highest BCUT2D eigenvalue weighted by Crippen LogP contribution is 2.43. The number of unbranched alkanes of at least 4 members (excludes halogenated alkanes) is 18. The monoisotopic (exact) mass is 678 g/mol. The summed E-state index contributed by atoms with van der Waals surface area (Å²) in [5.74, 6) is -0.934. The van der Waals surface area contributed by atoms with Gasteiger partial charge in [-0.1, -0.05) is 122 Å². The van der Waals surface area contributed by atoms with Crippen molar-refractivity contribution in [3.63, 3.8) is 0 Å². The molecule has 1 unspecified atom stereocenters. The van der Waals surface area contributed by atoms with E-state index >= 15 is 0 Å². The number of phosphoric ester groups is 1. The van der Waals surface area contributed by atoms with Crippen molar-refractivity contribution >= 4 is 19.8 Å². The first-order valence-electron chi connectivity index (χ1n) is 18.1. The fourth-order valence-electron chi connectivity index (χ4n) is 4.81. The number of aliphatic hydroxyl groups is 2. The molecule has 3 N–H and O–H groups in total. The van der Waals surface area contributed by atoms with E-state index in [4.69, 9.17) is 19.1 Å². The molecule has 0 bridgehead atoms. The maximum atomic E-state index is 12.5. The third kappa shape index (κ3) is 31.3. The van der Waals surface area contributed by atoms with Crippen molar-refractivity contribution in [1.29, 1.82) is 0 Å². The summed E-state index contributed by atoms with van der Waals surface area (Å²) in [5.41, 5.74) is 0. The predicted octanol–water partition coefficient (Wildman–Crippen LogP) is 8.50. The molecule has 0 aliphatic heterocycles. The van der Waals surface area contributed by atoms with Gasteiger partial charge in [0.15, 0.2) is 6.10 Å². The second kappa shape index (κ2) is 32.3. The lowest BCUT2D eigenvalue weighted by Crippen LogP contribution is -2.29. The Balaban J connectivity index is 4.39.